The first kappa shape index (κ1) is 14.3. The maximum Gasteiger partial charge on any atom is 0.335 e. The molecule has 0 fully saturated rings. The van der Waals surface area contributed by atoms with Gasteiger partial charge in [0.2, 0.25) is 0 Å². The summed E-state index contributed by atoms with van der Waals surface area (Å²) in [7, 11) is -1.66. The minimum absolute atomic E-state index is 0.106. The van der Waals surface area contributed by atoms with Crippen LogP contribution in [0.15, 0.2) is 0 Å². The van der Waals surface area contributed by atoms with E-state index in [-0.39, 0.29) is 5.85 Å². The van der Waals surface area contributed by atoms with E-state index in [1.807, 2.05) is 0 Å². The van der Waals surface area contributed by atoms with Gasteiger partial charge >= 0.3 is 8.56 Å². The quantitative estimate of drug-likeness (QED) is 0.567. The maximum atomic E-state index is 6.04. The highest BCUT2D eigenvalue weighted by molar-refractivity contribution is 6.78. The molecule has 0 heterocycles. The van der Waals surface area contributed by atoms with Crippen LogP contribution in [0.5, 0.6) is 0 Å². The van der Waals surface area contributed by atoms with Crippen molar-refractivity contribution in [2.24, 2.45) is 5.73 Å². The summed E-state index contributed by atoms with van der Waals surface area (Å²) in [5.41, 5.74) is 6.04. The van der Waals surface area contributed by atoms with Crippen LogP contribution in [-0.2, 0) is 8.85 Å². The predicted octanol–water partition coefficient (Wildman–Crippen LogP) is 2.29. The normalized spacial score (nSPS) is 19.1. The van der Waals surface area contributed by atoms with Crippen LogP contribution < -0.4 is 5.73 Å². The van der Waals surface area contributed by atoms with Crippen molar-refractivity contribution in [3.63, 3.8) is 0 Å². The molecule has 0 aromatic carbocycles. The Labute approximate surface area is 90.2 Å². The van der Waals surface area contributed by atoms with Crippen LogP contribution in [0.3, 0.4) is 0 Å². The lowest BCUT2D eigenvalue weighted by atomic mass is 10.6. The van der Waals surface area contributed by atoms with Crippen molar-refractivity contribution >= 4 is 16.6 Å². The second-order valence-corrected chi connectivity index (χ2v) is 13.7. The topological polar surface area (TPSA) is 44.5 Å². The van der Waals surface area contributed by atoms with Gasteiger partial charge in [-0.25, -0.2) is 0 Å². The fraction of sp³-hybridized carbons (Fsp3) is 1.00. The summed E-state index contributed by atoms with van der Waals surface area (Å²) in [5, 5.41) is 0. The lowest BCUT2D eigenvalue weighted by molar-refractivity contribution is 0.180. The first-order valence-electron chi connectivity index (χ1n) is 5.23. The molecule has 2 unspecified atom stereocenters. The molecular weight excluding hydrogens is 210 g/mol. The van der Waals surface area contributed by atoms with E-state index in [1.54, 1.807) is 7.11 Å². The van der Waals surface area contributed by atoms with Gasteiger partial charge in [-0.15, -0.1) is 0 Å². The highest BCUT2D eigenvalue weighted by Crippen LogP contribution is 2.19. The Balaban J connectivity index is 4.31. The minimum Gasteiger partial charge on any atom is -0.398 e. The minimum atomic E-state index is -1.99. The molecule has 86 valence electrons. The Kier molecular flexibility index (Phi) is 5.53. The first-order chi connectivity index (χ1) is 6.25. The average molecular weight is 235 g/mol. The second-order valence-electron chi connectivity index (χ2n) is 4.99. The molecule has 0 spiro atoms. The predicted molar refractivity (Wildman–Crippen MR) is 66.1 cm³/mol. The monoisotopic (exact) mass is 235 g/mol. The average Bonchev–Trinajstić information content (AvgIpc) is 2.03. The van der Waals surface area contributed by atoms with E-state index in [1.165, 1.54) is 0 Å². The number of hydrogen-bond donors (Lipinski definition) is 1. The van der Waals surface area contributed by atoms with Gasteiger partial charge in [0.25, 0.3) is 0 Å². The maximum absolute atomic E-state index is 6.04. The zero-order chi connectivity index (χ0) is 11.4. The number of nitrogens with two attached hydrogens (primary N) is 1. The summed E-state index contributed by atoms with van der Waals surface area (Å²) in [6, 6.07) is 1.02. The van der Waals surface area contributed by atoms with Gasteiger partial charge in [-0.05, 0) is 12.6 Å². The standard InChI is InChI=1S/C9H25NO2Si2/c1-7-8-14(6,11-2)12-9(10)13(3,4)5/h9H,7-8,10H2,1-6H3. The Morgan fingerprint density at radius 2 is 1.71 bits per heavy atom. The Bertz CT molecular complexity index is 173. The lowest BCUT2D eigenvalue weighted by Crippen LogP contribution is -2.54. The van der Waals surface area contributed by atoms with Gasteiger partial charge in [0, 0.05) is 7.11 Å². The molecule has 0 amide bonds. The molecule has 0 rings (SSSR count). The molecule has 2 N–H and O–H groups in total. The molecule has 0 saturated heterocycles. The fourth-order valence-electron chi connectivity index (χ4n) is 1.11. The van der Waals surface area contributed by atoms with Gasteiger partial charge in [-0.3, -0.25) is 0 Å². The van der Waals surface area contributed by atoms with Crippen molar-refractivity contribution in [2.75, 3.05) is 7.11 Å². The highest BCUT2D eigenvalue weighted by atomic mass is 28.4. The van der Waals surface area contributed by atoms with Gasteiger partial charge < -0.3 is 14.6 Å². The molecule has 0 radical (unpaired) electrons. The smallest absolute Gasteiger partial charge is 0.335 e. The van der Waals surface area contributed by atoms with Gasteiger partial charge in [0.05, 0.1) is 13.9 Å². The van der Waals surface area contributed by atoms with Crippen LogP contribution in [0.2, 0.25) is 32.2 Å². The van der Waals surface area contributed by atoms with Gasteiger partial charge in [0.1, 0.15) is 0 Å². The van der Waals surface area contributed by atoms with Crippen molar-refractivity contribution in [3.8, 4) is 0 Å². The van der Waals surface area contributed by atoms with Crippen LogP contribution in [0.25, 0.3) is 0 Å². The highest BCUT2D eigenvalue weighted by Gasteiger charge is 2.36. The largest absolute Gasteiger partial charge is 0.398 e. The zero-order valence-electron chi connectivity index (χ0n) is 10.4. The van der Waals surface area contributed by atoms with Crippen LogP contribution >= 0.6 is 0 Å². The summed E-state index contributed by atoms with van der Waals surface area (Å²) in [4.78, 5) is 0. The molecule has 2 atom stereocenters. The Morgan fingerprint density at radius 3 is 2.00 bits per heavy atom. The van der Waals surface area contributed by atoms with Gasteiger partial charge in [0.15, 0.2) is 0 Å². The number of hydrogen-bond acceptors (Lipinski definition) is 3. The molecule has 0 aliphatic heterocycles. The molecule has 0 saturated carbocycles. The van der Waals surface area contributed by atoms with E-state index < -0.39 is 16.6 Å². The van der Waals surface area contributed by atoms with E-state index in [2.05, 4.69) is 33.1 Å². The molecule has 0 aromatic rings. The summed E-state index contributed by atoms with van der Waals surface area (Å²) >= 11 is 0. The first-order valence-corrected chi connectivity index (χ1v) is 11.3. The third-order valence-electron chi connectivity index (χ3n) is 2.37. The molecule has 0 bridgehead atoms. The van der Waals surface area contributed by atoms with Crippen LogP contribution in [0, 0.1) is 0 Å². The van der Waals surface area contributed by atoms with E-state index in [0.717, 1.165) is 12.5 Å². The molecule has 0 aliphatic carbocycles. The molecular formula is C9H25NO2Si2. The van der Waals surface area contributed by atoms with E-state index in [0.29, 0.717) is 0 Å². The number of rotatable bonds is 6. The Hall–Kier alpha value is 0.314. The van der Waals surface area contributed by atoms with Crippen molar-refractivity contribution in [2.45, 2.75) is 51.4 Å². The van der Waals surface area contributed by atoms with Crippen molar-refractivity contribution in [1.82, 2.24) is 0 Å². The molecule has 5 heteroatoms. The zero-order valence-corrected chi connectivity index (χ0v) is 12.4. The third kappa shape index (κ3) is 4.70. The van der Waals surface area contributed by atoms with Gasteiger partial charge in [-0.1, -0.05) is 33.0 Å². The van der Waals surface area contributed by atoms with Crippen LogP contribution in [-0.4, -0.2) is 29.6 Å². The summed E-state index contributed by atoms with van der Waals surface area (Å²) < 4.78 is 11.5. The van der Waals surface area contributed by atoms with E-state index >= 15 is 0 Å². The van der Waals surface area contributed by atoms with Crippen molar-refractivity contribution in [3.05, 3.63) is 0 Å². The van der Waals surface area contributed by atoms with Crippen LogP contribution in [0.1, 0.15) is 13.3 Å². The SMILES string of the molecule is CCC[Si](C)(OC)OC(N)[Si](C)(C)C. The van der Waals surface area contributed by atoms with Gasteiger partial charge in [-0.2, -0.15) is 0 Å². The van der Waals surface area contributed by atoms with E-state index in [4.69, 9.17) is 14.6 Å². The molecule has 0 aliphatic rings. The van der Waals surface area contributed by atoms with Crippen molar-refractivity contribution < 1.29 is 8.85 Å². The fourth-order valence-corrected chi connectivity index (χ4v) is 5.13. The second kappa shape index (κ2) is 5.41. The third-order valence-corrected chi connectivity index (χ3v) is 7.45. The lowest BCUT2D eigenvalue weighted by Gasteiger charge is -2.34. The Morgan fingerprint density at radius 1 is 1.21 bits per heavy atom. The molecule has 14 heavy (non-hydrogen) atoms. The summed E-state index contributed by atoms with van der Waals surface area (Å²) in [5.74, 6) is -0.106. The van der Waals surface area contributed by atoms with E-state index in [9.17, 15) is 0 Å². The molecule has 3 nitrogen and oxygen atoms in total. The summed E-state index contributed by atoms with van der Waals surface area (Å²) in [6.45, 7) is 10.9. The van der Waals surface area contributed by atoms with Crippen molar-refractivity contribution in [1.29, 1.82) is 0 Å². The summed E-state index contributed by atoms with van der Waals surface area (Å²) in [6.07, 6.45) is 1.09. The molecule has 0 aromatic heterocycles. The van der Waals surface area contributed by atoms with Crippen LogP contribution in [0.4, 0.5) is 0 Å².